The first-order valence-corrected chi connectivity index (χ1v) is 28.5. The van der Waals surface area contributed by atoms with Crippen LogP contribution in [0, 0.1) is 38.2 Å². The number of rotatable bonds is 6. The van der Waals surface area contributed by atoms with Crippen LogP contribution < -0.4 is 29.4 Å². The van der Waals surface area contributed by atoms with Crippen molar-refractivity contribution in [3.05, 3.63) is 218 Å². The maximum Gasteiger partial charge on any atom is 0.451 e. The van der Waals surface area contributed by atoms with Crippen LogP contribution in [0.5, 0.6) is 0 Å². The number of hydrogen-bond acceptors (Lipinski definition) is 12. The van der Waals surface area contributed by atoms with Gasteiger partial charge in [-0.15, -0.1) is 35.3 Å². The number of benzene rings is 6. The van der Waals surface area contributed by atoms with Crippen molar-refractivity contribution in [1.29, 1.82) is 0 Å². The van der Waals surface area contributed by atoms with Crippen LogP contribution in [0.15, 0.2) is 146 Å². The predicted molar refractivity (Wildman–Crippen MR) is 334 cm³/mol. The first kappa shape index (κ1) is 66.8. The summed E-state index contributed by atoms with van der Waals surface area (Å²) in [6.07, 6.45) is -14.0. The van der Waals surface area contributed by atoms with Crippen molar-refractivity contribution in [3.63, 3.8) is 0 Å². The van der Waals surface area contributed by atoms with Gasteiger partial charge in [-0.05, 0) is 21.1 Å². The Kier molecular flexibility index (Phi) is 18.5. The molecule has 3 aliphatic heterocycles. The summed E-state index contributed by atoms with van der Waals surface area (Å²) in [5.41, 5.74) is 8.97. The molecule has 0 saturated heterocycles. The van der Waals surface area contributed by atoms with Gasteiger partial charge in [0.05, 0.1) is 34.1 Å². The summed E-state index contributed by atoms with van der Waals surface area (Å²) in [5.74, 6) is -2.96. The van der Waals surface area contributed by atoms with E-state index in [1.165, 1.54) is 0 Å². The van der Waals surface area contributed by atoms with Crippen LogP contribution in [0.3, 0.4) is 0 Å². The average Bonchev–Trinajstić information content (AvgIpc) is 1.68. The van der Waals surface area contributed by atoms with Gasteiger partial charge in [0.1, 0.15) is 17.5 Å². The average molecular weight is 1420 g/mol. The van der Waals surface area contributed by atoms with Gasteiger partial charge in [-0.25, -0.2) is 29.9 Å². The Bertz CT molecular complexity index is 3590. The third kappa shape index (κ3) is 14.3. The summed E-state index contributed by atoms with van der Waals surface area (Å²) in [7, 11) is 5.31. The van der Waals surface area contributed by atoms with E-state index < -0.39 is 36.0 Å². The molecule has 6 aromatic carbocycles. The monoisotopic (exact) mass is 1420 g/mol. The van der Waals surface area contributed by atoms with Crippen LogP contribution in [0.25, 0.3) is 33.8 Å². The number of nitrogens with zero attached hydrogens (tertiary/aromatic N) is 12. The molecule has 22 heteroatoms. The summed E-state index contributed by atoms with van der Waals surface area (Å²) in [4.78, 5) is 33.4. The fraction of sp³-hybridized carbons (Fsp3) is 0.261. The van der Waals surface area contributed by atoms with E-state index in [0.717, 1.165) is 16.7 Å². The number of fused-ring (bicyclic) bond motifs is 3. The molecule has 12 nitrogen and oxygen atoms in total. The van der Waals surface area contributed by atoms with E-state index in [2.05, 4.69) is 110 Å². The summed E-state index contributed by atoms with van der Waals surface area (Å²) in [5, 5.41) is 0. The maximum atomic E-state index is 13.6. The second-order valence-electron chi connectivity index (χ2n) is 24.7. The fourth-order valence-corrected chi connectivity index (χ4v) is 10.1. The van der Waals surface area contributed by atoms with Gasteiger partial charge >= 0.3 is 18.5 Å². The SMILES string of the molecule is CN1[CH-]N(c2[c-]cc(C(C)(C)C)cc2)c2nc(C(F)(F)F)nc(-c3ccccc3)c21.CN1[CH-]N(c2[c-]cc(C(C)(C)C)cc2)c2nc(C(F)(F)F)nc(-c3ccccc3)c21.CN1[CH-]N(c2[c-]cc(C(C)(C)C)cc2)c2nc(C(F)(F)F)nc(-c3ccccc3)c21.[Ir]. The third-order valence-electron chi connectivity index (χ3n) is 14.9. The Morgan fingerprint density at radius 2 is 0.560 bits per heavy atom. The summed E-state index contributed by atoms with van der Waals surface area (Å²) < 4.78 is 122. The first-order valence-electron chi connectivity index (χ1n) is 28.5. The zero-order chi connectivity index (χ0) is 65.0. The Hall–Kier alpha value is -8.62. The molecule has 9 aromatic rings. The first-order chi connectivity index (χ1) is 42.2. The molecule has 12 rings (SSSR count). The van der Waals surface area contributed by atoms with Crippen molar-refractivity contribution >= 4 is 51.6 Å². The molecule has 3 aliphatic rings. The zero-order valence-corrected chi connectivity index (χ0v) is 54.1. The van der Waals surface area contributed by atoms with Crippen LogP contribution in [-0.2, 0) is 54.9 Å². The van der Waals surface area contributed by atoms with E-state index in [1.54, 1.807) is 143 Å². The van der Waals surface area contributed by atoms with E-state index in [0.29, 0.717) is 50.8 Å². The van der Waals surface area contributed by atoms with Crippen molar-refractivity contribution in [2.45, 2.75) is 97.1 Å². The Morgan fingerprint density at radius 1 is 0.330 bits per heavy atom. The van der Waals surface area contributed by atoms with E-state index >= 15 is 0 Å². The third-order valence-corrected chi connectivity index (χ3v) is 14.9. The Labute approximate surface area is 537 Å². The normalized spacial score (nSPS) is 14.1. The molecule has 477 valence electrons. The number of hydrogen-bond donors (Lipinski definition) is 0. The van der Waals surface area contributed by atoms with Crippen molar-refractivity contribution in [2.24, 2.45) is 0 Å². The fourth-order valence-electron chi connectivity index (χ4n) is 10.1. The van der Waals surface area contributed by atoms with E-state index in [-0.39, 0.29) is 70.9 Å². The standard InChI is InChI=1S/3C23H21F3N4.Ir/c3*1-22(2,3)16-10-12-17(13-11-16)30-14-29(4)19-18(15-8-6-5-7-9-15)27-21(23(24,25)26)28-20(19)30;/h3*5-12,14H,1-4H3;/q3*-2;. The number of anilines is 9. The van der Waals surface area contributed by atoms with Gasteiger partial charge in [0, 0.05) is 36.8 Å². The minimum atomic E-state index is -4.66. The molecule has 6 heterocycles. The Balaban J connectivity index is 0.000000161. The molecular weight excluding hydrogens is 1360 g/mol. The van der Waals surface area contributed by atoms with Gasteiger partial charge in [-0.3, -0.25) is 0 Å². The van der Waals surface area contributed by atoms with Crippen molar-refractivity contribution < 1.29 is 59.6 Å². The van der Waals surface area contributed by atoms with Crippen LogP contribution in [-0.4, -0.2) is 51.0 Å². The van der Waals surface area contributed by atoms with Gasteiger partial charge in [0.25, 0.3) is 0 Å². The van der Waals surface area contributed by atoms with Crippen LogP contribution in [0.2, 0.25) is 0 Å². The molecule has 0 atom stereocenters. The molecule has 0 bridgehead atoms. The van der Waals surface area contributed by atoms with Gasteiger partial charge in [0.2, 0.25) is 17.5 Å². The molecule has 0 spiro atoms. The largest absolute Gasteiger partial charge is 0.501 e. The number of alkyl halides is 9. The minimum Gasteiger partial charge on any atom is -0.501 e. The van der Waals surface area contributed by atoms with Crippen molar-refractivity contribution in [1.82, 2.24) is 29.9 Å². The second kappa shape index (κ2) is 25.2. The summed E-state index contributed by atoms with van der Waals surface area (Å²) in [6, 6.07) is 53.1. The molecule has 91 heavy (non-hydrogen) atoms. The maximum absolute atomic E-state index is 13.6. The number of aromatic nitrogens is 6. The van der Waals surface area contributed by atoms with Gasteiger partial charge in [0.15, 0.2) is 0 Å². The van der Waals surface area contributed by atoms with Gasteiger partial charge < -0.3 is 29.4 Å². The molecular formula is C69H63F9IrN12-6. The molecule has 0 saturated carbocycles. The topological polar surface area (TPSA) is 96.8 Å². The van der Waals surface area contributed by atoms with Crippen molar-refractivity contribution in [2.75, 3.05) is 50.5 Å². The van der Waals surface area contributed by atoms with Gasteiger partial charge in [-0.2, -0.15) is 131 Å². The molecule has 0 unspecified atom stereocenters. The molecule has 0 N–H and O–H groups in total. The molecule has 0 amide bonds. The Morgan fingerprint density at radius 3 is 0.747 bits per heavy atom. The predicted octanol–water partition coefficient (Wildman–Crippen LogP) is 17.9. The minimum absolute atomic E-state index is 0. The summed E-state index contributed by atoms with van der Waals surface area (Å²) >= 11 is 0. The van der Waals surface area contributed by atoms with Crippen LogP contribution >= 0.6 is 0 Å². The quantitative estimate of drug-likeness (QED) is 0.117. The molecule has 1 radical (unpaired) electrons. The molecule has 3 aromatic heterocycles. The number of halogens is 9. The van der Waals surface area contributed by atoms with Gasteiger partial charge in [-0.1, -0.05) is 170 Å². The summed E-state index contributed by atoms with van der Waals surface area (Å²) in [6.45, 7) is 23.9. The molecule has 0 aliphatic carbocycles. The van der Waals surface area contributed by atoms with E-state index in [9.17, 15) is 39.5 Å². The van der Waals surface area contributed by atoms with E-state index in [1.807, 2.05) is 72.8 Å². The van der Waals surface area contributed by atoms with Crippen LogP contribution in [0.4, 0.5) is 91.1 Å². The molecule has 0 fully saturated rings. The van der Waals surface area contributed by atoms with Crippen molar-refractivity contribution in [3.8, 4) is 33.8 Å². The zero-order valence-electron chi connectivity index (χ0n) is 51.7. The van der Waals surface area contributed by atoms with Crippen LogP contribution in [0.1, 0.15) is 96.5 Å². The second-order valence-corrected chi connectivity index (χ2v) is 24.7. The van der Waals surface area contributed by atoms with E-state index in [4.69, 9.17) is 0 Å². The smallest absolute Gasteiger partial charge is 0.451 e.